The number of amides is 1. The van der Waals surface area contributed by atoms with E-state index >= 15 is 0 Å². The Morgan fingerprint density at radius 1 is 0.967 bits per heavy atom. The van der Waals surface area contributed by atoms with Gasteiger partial charge in [-0.1, -0.05) is 31.7 Å². The number of nitrogens with one attached hydrogen (secondary N) is 1. The third-order valence-electron chi connectivity index (χ3n) is 6.23. The van der Waals surface area contributed by atoms with Crippen LogP contribution in [-0.4, -0.2) is 30.2 Å². The van der Waals surface area contributed by atoms with Crippen LogP contribution < -0.4 is 5.32 Å². The first-order valence-electron chi connectivity index (χ1n) is 10.9. The van der Waals surface area contributed by atoms with Crippen molar-refractivity contribution in [2.45, 2.75) is 62.3 Å². The first-order valence-corrected chi connectivity index (χ1v) is 12.3. The molecule has 1 N–H and O–H groups in total. The number of hydrogen-bond acceptors (Lipinski definition) is 4. The fourth-order valence-corrected chi connectivity index (χ4v) is 6.24. The van der Waals surface area contributed by atoms with Crippen molar-refractivity contribution in [1.29, 1.82) is 0 Å². The van der Waals surface area contributed by atoms with Gasteiger partial charge in [0.1, 0.15) is 0 Å². The smallest absolute Gasteiger partial charge is 0.243 e. The topological polar surface area (TPSA) is 79.4 Å². The molecule has 4 rings (SSSR count). The third-order valence-corrected chi connectivity index (χ3v) is 8.15. The van der Waals surface area contributed by atoms with E-state index in [0.717, 1.165) is 50.5 Å². The summed E-state index contributed by atoms with van der Waals surface area (Å²) in [7, 11) is -3.63. The molecule has 6 nitrogen and oxygen atoms in total. The highest BCUT2D eigenvalue weighted by Gasteiger charge is 2.34. The molecule has 1 aliphatic carbocycles. The average molecular weight is 428 g/mol. The molecule has 160 valence electrons. The van der Waals surface area contributed by atoms with E-state index < -0.39 is 10.0 Å². The van der Waals surface area contributed by atoms with Gasteiger partial charge < -0.3 is 5.32 Å². The Balaban J connectivity index is 1.50. The molecule has 1 saturated carbocycles. The molecule has 0 spiro atoms. The van der Waals surface area contributed by atoms with E-state index in [0.29, 0.717) is 12.2 Å². The lowest BCUT2D eigenvalue weighted by Crippen LogP contribution is -2.38. The van der Waals surface area contributed by atoms with E-state index in [1.54, 1.807) is 41.0 Å². The van der Waals surface area contributed by atoms with Gasteiger partial charge in [0.05, 0.1) is 10.9 Å². The number of sulfonamides is 1. The van der Waals surface area contributed by atoms with Gasteiger partial charge in [-0.2, -0.15) is 4.31 Å². The van der Waals surface area contributed by atoms with Crippen LogP contribution in [0.3, 0.4) is 0 Å². The van der Waals surface area contributed by atoms with Crippen molar-refractivity contribution >= 4 is 21.6 Å². The largest absolute Gasteiger partial charge is 0.326 e. The number of benzene rings is 1. The van der Waals surface area contributed by atoms with Gasteiger partial charge in [0.15, 0.2) is 0 Å². The number of carbonyl (C=O) groups excluding carboxylic acids is 1. The monoisotopic (exact) mass is 427 g/mol. The lowest BCUT2D eigenvalue weighted by atomic mass is 9.88. The van der Waals surface area contributed by atoms with Crippen LogP contribution in [0.2, 0.25) is 0 Å². The Morgan fingerprint density at radius 3 is 2.40 bits per heavy atom. The van der Waals surface area contributed by atoms with Crippen LogP contribution in [0, 0.1) is 5.92 Å². The maximum Gasteiger partial charge on any atom is 0.243 e. The number of aromatic nitrogens is 1. The number of hydrogen-bond donors (Lipinski definition) is 1. The summed E-state index contributed by atoms with van der Waals surface area (Å²) in [5.74, 6) is 0.105. The first kappa shape index (κ1) is 21.0. The van der Waals surface area contributed by atoms with Crippen LogP contribution in [0.1, 0.15) is 63.0 Å². The molecule has 1 aliphatic heterocycles. The van der Waals surface area contributed by atoms with Gasteiger partial charge in [-0.05, 0) is 61.6 Å². The second-order valence-corrected chi connectivity index (χ2v) is 10.2. The molecule has 2 aromatic rings. The van der Waals surface area contributed by atoms with Gasteiger partial charge in [-0.15, -0.1) is 0 Å². The van der Waals surface area contributed by atoms with Gasteiger partial charge in [-0.25, -0.2) is 8.42 Å². The average Bonchev–Trinajstić information content (AvgIpc) is 2.80. The maximum absolute atomic E-state index is 13.4. The minimum absolute atomic E-state index is 0.0398. The highest BCUT2D eigenvalue weighted by molar-refractivity contribution is 7.89. The molecule has 1 aromatic heterocycles. The van der Waals surface area contributed by atoms with Crippen LogP contribution in [0.4, 0.5) is 5.69 Å². The zero-order valence-electron chi connectivity index (χ0n) is 17.2. The predicted octanol–water partition coefficient (Wildman–Crippen LogP) is 4.52. The van der Waals surface area contributed by atoms with Gasteiger partial charge >= 0.3 is 0 Å². The van der Waals surface area contributed by atoms with Crippen molar-refractivity contribution in [2.75, 3.05) is 11.9 Å². The molecule has 0 radical (unpaired) electrons. The minimum atomic E-state index is -3.63. The molecule has 2 fully saturated rings. The van der Waals surface area contributed by atoms with Crippen molar-refractivity contribution in [2.24, 2.45) is 5.92 Å². The number of piperidine rings is 1. The first-order chi connectivity index (χ1) is 14.6. The number of pyridine rings is 1. The molecule has 2 aliphatic rings. The van der Waals surface area contributed by atoms with Crippen molar-refractivity contribution in [3.63, 3.8) is 0 Å². The van der Waals surface area contributed by atoms with Crippen molar-refractivity contribution in [1.82, 2.24) is 9.29 Å². The molecular weight excluding hydrogens is 398 g/mol. The zero-order valence-corrected chi connectivity index (χ0v) is 18.0. The van der Waals surface area contributed by atoms with Crippen LogP contribution in [0.15, 0.2) is 53.7 Å². The number of anilines is 1. The normalized spacial score (nSPS) is 21.3. The number of rotatable bonds is 5. The summed E-state index contributed by atoms with van der Waals surface area (Å²) in [4.78, 5) is 16.9. The Labute approximate surface area is 178 Å². The Hall–Kier alpha value is -2.25. The van der Waals surface area contributed by atoms with Crippen LogP contribution in [0.5, 0.6) is 0 Å². The fourth-order valence-electron chi connectivity index (χ4n) is 4.55. The lowest BCUT2D eigenvalue weighted by molar-refractivity contribution is -0.120. The molecule has 1 atom stereocenters. The van der Waals surface area contributed by atoms with Gasteiger partial charge in [0, 0.05) is 30.5 Å². The standard InChI is InChI=1S/C23H29N3O3S/c27-23(18-7-2-1-3-8-18)25-20-11-13-21(14-12-20)30(28,29)26-16-5-4-10-22(26)19-9-6-15-24-17-19/h6,9,11-15,17-18,22H,1-5,7-8,10,16H2,(H,25,27)/t22-/m0/s1. The van der Waals surface area contributed by atoms with Crippen molar-refractivity contribution < 1.29 is 13.2 Å². The summed E-state index contributed by atoms with van der Waals surface area (Å²) in [6, 6.07) is 10.2. The summed E-state index contributed by atoms with van der Waals surface area (Å²) in [6.45, 7) is 0.502. The van der Waals surface area contributed by atoms with Gasteiger partial charge in [-0.3, -0.25) is 9.78 Å². The second kappa shape index (κ2) is 9.27. The highest BCUT2D eigenvalue weighted by atomic mass is 32.2. The quantitative estimate of drug-likeness (QED) is 0.761. The minimum Gasteiger partial charge on any atom is -0.326 e. The zero-order chi connectivity index (χ0) is 21.0. The van der Waals surface area contributed by atoms with E-state index in [1.807, 2.05) is 12.1 Å². The number of nitrogens with zero attached hydrogens (tertiary/aromatic N) is 2. The maximum atomic E-state index is 13.4. The fraction of sp³-hybridized carbons (Fsp3) is 0.478. The molecule has 2 heterocycles. The molecule has 1 amide bonds. The van der Waals surface area contributed by atoms with Gasteiger partial charge in [0.2, 0.25) is 15.9 Å². The van der Waals surface area contributed by atoms with E-state index in [9.17, 15) is 13.2 Å². The summed E-state index contributed by atoms with van der Waals surface area (Å²) in [6.07, 6.45) is 11.4. The van der Waals surface area contributed by atoms with Crippen LogP contribution >= 0.6 is 0 Å². The Morgan fingerprint density at radius 2 is 1.70 bits per heavy atom. The summed E-state index contributed by atoms with van der Waals surface area (Å²) < 4.78 is 28.3. The van der Waals surface area contributed by atoms with E-state index in [1.165, 1.54) is 6.42 Å². The van der Waals surface area contributed by atoms with E-state index in [4.69, 9.17) is 0 Å². The van der Waals surface area contributed by atoms with Crippen LogP contribution in [-0.2, 0) is 14.8 Å². The predicted molar refractivity (Wildman–Crippen MR) is 116 cm³/mol. The molecular formula is C23H29N3O3S. The third kappa shape index (κ3) is 4.57. The summed E-state index contributed by atoms with van der Waals surface area (Å²) in [5, 5.41) is 2.95. The Bertz CT molecular complexity index is 955. The molecule has 1 aromatic carbocycles. The van der Waals surface area contributed by atoms with E-state index in [-0.39, 0.29) is 22.8 Å². The highest BCUT2D eigenvalue weighted by Crippen LogP contribution is 2.35. The van der Waals surface area contributed by atoms with Gasteiger partial charge in [0.25, 0.3) is 0 Å². The lowest BCUT2D eigenvalue weighted by Gasteiger charge is -2.34. The summed E-state index contributed by atoms with van der Waals surface area (Å²) in [5.41, 5.74) is 1.57. The summed E-state index contributed by atoms with van der Waals surface area (Å²) >= 11 is 0. The van der Waals surface area contributed by atoms with Crippen molar-refractivity contribution in [3.05, 3.63) is 54.4 Å². The molecule has 0 bridgehead atoms. The molecule has 1 saturated heterocycles. The van der Waals surface area contributed by atoms with E-state index in [2.05, 4.69) is 10.3 Å². The Kier molecular flexibility index (Phi) is 6.49. The molecule has 30 heavy (non-hydrogen) atoms. The molecule has 0 unspecified atom stereocenters. The molecule has 7 heteroatoms. The van der Waals surface area contributed by atoms with Crippen LogP contribution in [0.25, 0.3) is 0 Å². The number of carbonyl (C=O) groups is 1. The second-order valence-electron chi connectivity index (χ2n) is 8.26. The van der Waals surface area contributed by atoms with Crippen molar-refractivity contribution in [3.8, 4) is 0 Å². The SMILES string of the molecule is O=C(Nc1ccc(S(=O)(=O)N2CCCC[C@H]2c2cccnc2)cc1)C1CCCCC1.